The number of rotatable bonds is 3. The molecule has 1 saturated heterocycles. The van der Waals surface area contributed by atoms with Crippen molar-refractivity contribution in [2.45, 2.75) is 13.3 Å². The predicted molar refractivity (Wildman–Crippen MR) is 70.2 cm³/mol. The van der Waals surface area contributed by atoms with Gasteiger partial charge in [-0.25, -0.2) is 9.97 Å². The summed E-state index contributed by atoms with van der Waals surface area (Å²) < 4.78 is 0. The lowest BCUT2D eigenvalue weighted by molar-refractivity contribution is 0.325. The number of aromatic nitrogens is 2. The van der Waals surface area contributed by atoms with Gasteiger partial charge in [0.1, 0.15) is 0 Å². The third kappa shape index (κ3) is 3.27. The van der Waals surface area contributed by atoms with Crippen molar-refractivity contribution < 1.29 is 0 Å². The second-order valence-electron chi connectivity index (χ2n) is 4.49. The van der Waals surface area contributed by atoms with Crippen molar-refractivity contribution in [2.75, 3.05) is 37.6 Å². The number of hydrogen-bond donors (Lipinski definition) is 0. The maximum absolute atomic E-state index is 4.39. The van der Waals surface area contributed by atoms with E-state index in [9.17, 15) is 0 Å². The van der Waals surface area contributed by atoms with E-state index in [0.717, 1.165) is 50.7 Å². The number of hydrogen-bond acceptors (Lipinski definition) is 4. The van der Waals surface area contributed by atoms with E-state index in [1.165, 1.54) is 0 Å². The minimum Gasteiger partial charge on any atom is -0.339 e. The van der Waals surface area contributed by atoms with Crippen LogP contribution >= 0.6 is 0 Å². The van der Waals surface area contributed by atoms with Gasteiger partial charge in [0.25, 0.3) is 0 Å². The molecule has 0 aliphatic carbocycles. The van der Waals surface area contributed by atoms with Gasteiger partial charge in [-0.05, 0) is 18.9 Å². The van der Waals surface area contributed by atoms with Crippen LogP contribution in [0.1, 0.15) is 12.0 Å². The highest BCUT2D eigenvalue weighted by atomic mass is 15.3. The van der Waals surface area contributed by atoms with Gasteiger partial charge in [-0.3, -0.25) is 4.90 Å². The van der Waals surface area contributed by atoms with Gasteiger partial charge in [0.2, 0.25) is 5.95 Å². The molecule has 4 nitrogen and oxygen atoms in total. The van der Waals surface area contributed by atoms with Crippen LogP contribution in [0.15, 0.2) is 25.0 Å². The Morgan fingerprint density at radius 3 is 2.71 bits per heavy atom. The lowest BCUT2D eigenvalue weighted by atomic mass is 10.4. The third-order valence-corrected chi connectivity index (χ3v) is 3.03. The fourth-order valence-corrected chi connectivity index (χ4v) is 2.09. The van der Waals surface area contributed by atoms with Crippen molar-refractivity contribution in [1.29, 1.82) is 0 Å². The molecule has 1 aromatic rings. The van der Waals surface area contributed by atoms with E-state index < -0.39 is 0 Å². The van der Waals surface area contributed by atoms with Gasteiger partial charge in [-0.1, -0.05) is 6.08 Å². The van der Waals surface area contributed by atoms with Crippen LogP contribution in [-0.2, 0) is 0 Å². The maximum Gasteiger partial charge on any atom is 0.225 e. The number of anilines is 1. The van der Waals surface area contributed by atoms with E-state index in [-0.39, 0.29) is 0 Å². The lowest BCUT2D eigenvalue weighted by Gasteiger charge is -2.20. The van der Waals surface area contributed by atoms with Gasteiger partial charge >= 0.3 is 0 Å². The van der Waals surface area contributed by atoms with E-state index in [1.807, 2.05) is 25.4 Å². The van der Waals surface area contributed by atoms with E-state index in [4.69, 9.17) is 0 Å². The first-order valence-corrected chi connectivity index (χ1v) is 6.16. The molecule has 1 aliphatic rings. The van der Waals surface area contributed by atoms with Gasteiger partial charge in [-0.2, -0.15) is 0 Å². The molecule has 17 heavy (non-hydrogen) atoms. The van der Waals surface area contributed by atoms with Crippen LogP contribution in [0.4, 0.5) is 5.95 Å². The minimum atomic E-state index is 0.857. The third-order valence-electron chi connectivity index (χ3n) is 3.03. The Labute approximate surface area is 103 Å². The van der Waals surface area contributed by atoms with Crippen molar-refractivity contribution in [3.8, 4) is 0 Å². The van der Waals surface area contributed by atoms with Crippen LogP contribution < -0.4 is 4.90 Å². The van der Waals surface area contributed by atoms with Crippen molar-refractivity contribution >= 4 is 5.95 Å². The summed E-state index contributed by atoms with van der Waals surface area (Å²) in [5, 5.41) is 0. The Morgan fingerprint density at radius 1 is 1.24 bits per heavy atom. The highest BCUT2D eigenvalue weighted by Crippen LogP contribution is 2.10. The van der Waals surface area contributed by atoms with E-state index in [2.05, 4.69) is 26.3 Å². The van der Waals surface area contributed by atoms with E-state index in [1.54, 1.807) is 0 Å². The average Bonchev–Trinajstić information content (AvgIpc) is 2.56. The Bertz CT molecular complexity index is 360. The molecule has 0 aromatic carbocycles. The van der Waals surface area contributed by atoms with Gasteiger partial charge in [-0.15, -0.1) is 6.58 Å². The maximum atomic E-state index is 4.39. The standard InChI is InChI=1S/C13H20N4/c1-3-5-16-6-4-7-17(9-8-16)13-14-10-12(2)11-15-13/h3,10-11H,1,4-9H2,2H3. The summed E-state index contributed by atoms with van der Waals surface area (Å²) in [6.07, 6.45) is 6.90. The lowest BCUT2D eigenvalue weighted by Crippen LogP contribution is -2.31. The molecule has 92 valence electrons. The van der Waals surface area contributed by atoms with Crippen molar-refractivity contribution in [2.24, 2.45) is 0 Å². The topological polar surface area (TPSA) is 32.3 Å². The normalized spacial score (nSPS) is 17.8. The van der Waals surface area contributed by atoms with Crippen LogP contribution in [0.25, 0.3) is 0 Å². The quantitative estimate of drug-likeness (QED) is 0.739. The first-order chi connectivity index (χ1) is 8.29. The number of aryl methyl sites for hydroxylation is 1. The van der Waals surface area contributed by atoms with Crippen LogP contribution in [0.3, 0.4) is 0 Å². The molecule has 0 radical (unpaired) electrons. The smallest absolute Gasteiger partial charge is 0.225 e. The summed E-state index contributed by atoms with van der Waals surface area (Å²) >= 11 is 0. The summed E-state index contributed by atoms with van der Waals surface area (Å²) in [6.45, 7) is 11.0. The zero-order valence-corrected chi connectivity index (χ0v) is 10.5. The number of nitrogens with zero attached hydrogens (tertiary/aromatic N) is 4. The Morgan fingerprint density at radius 2 is 2.00 bits per heavy atom. The van der Waals surface area contributed by atoms with Gasteiger partial charge in [0, 0.05) is 45.1 Å². The summed E-state index contributed by atoms with van der Waals surface area (Å²) in [5.41, 5.74) is 1.11. The fraction of sp³-hybridized carbons (Fsp3) is 0.538. The molecule has 2 heterocycles. The van der Waals surface area contributed by atoms with Crippen LogP contribution in [0, 0.1) is 6.92 Å². The summed E-state index contributed by atoms with van der Waals surface area (Å²) in [5.74, 6) is 0.857. The van der Waals surface area contributed by atoms with Gasteiger partial charge in [0.15, 0.2) is 0 Å². The van der Waals surface area contributed by atoms with E-state index >= 15 is 0 Å². The monoisotopic (exact) mass is 232 g/mol. The zero-order chi connectivity index (χ0) is 12.1. The molecule has 0 saturated carbocycles. The fourth-order valence-electron chi connectivity index (χ4n) is 2.09. The molecule has 0 N–H and O–H groups in total. The Kier molecular flexibility index (Phi) is 4.09. The molecule has 1 aromatic heterocycles. The first kappa shape index (κ1) is 12.0. The Hall–Kier alpha value is -1.42. The van der Waals surface area contributed by atoms with E-state index in [0.29, 0.717) is 0 Å². The molecular weight excluding hydrogens is 212 g/mol. The molecule has 1 fully saturated rings. The van der Waals surface area contributed by atoms with Gasteiger partial charge < -0.3 is 4.90 Å². The van der Waals surface area contributed by atoms with Crippen LogP contribution in [0.5, 0.6) is 0 Å². The molecule has 0 spiro atoms. The highest BCUT2D eigenvalue weighted by molar-refractivity contribution is 5.29. The molecule has 4 heteroatoms. The van der Waals surface area contributed by atoms with Gasteiger partial charge in [0.05, 0.1) is 0 Å². The zero-order valence-electron chi connectivity index (χ0n) is 10.5. The van der Waals surface area contributed by atoms with Crippen LogP contribution in [0.2, 0.25) is 0 Å². The first-order valence-electron chi connectivity index (χ1n) is 6.16. The molecular formula is C13H20N4. The van der Waals surface area contributed by atoms with Crippen LogP contribution in [-0.4, -0.2) is 47.6 Å². The molecule has 1 aliphatic heterocycles. The molecule has 0 atom stereocenters. The highest BCUT2D eigenvalue weighted by Gasteiger charge is 2.15. The SMILES string of the molecule is C=CCN1CCCN(c2ncc(C)cn2)CC1. The summed E-state index contributed by atoms with van der Waals surface area (Å²) in [6, 6.07) is 0. The summed E-state index contributed by atoms with van der Waals surface area (Å²) in [4.78, 5) is 13.5. The minimum absolute atomic E-state index is 0.857. The molecule has 0 unspecified atom stereocenters. The average molecular weight is 232 g/mol. The molecule has 0 bridgehead atoms. The van der Waals surface area contributed by atoms with Crippen molar-refractivity contribution in [1.82, 2.24) is 14.9 Å². The Balaban J connectivity index is 1.98. The second-order valence-corrected chi connectivity index (χ2v) is 4.49. The predicted octanol–water partition coefficient (Wildman–Crippen LogP) is 1.48. The largest absolute Gasteiger partial charge is 0.339 e. The van der Waals surface area contributed by atoms with Crippen molar-refractivity contribution in [3.05, 3.63) is 30.6 Å². The summed E-state index contributed by atoms with van der Waals surface area (Å²) in [7, 11) is 0. The van der Waals surface area contributed by atoms with Crippen molar-refractivity contribution in [3.63, 3.8) is 0 Å². The molecule has 2 rings (SSSR count). The second kappa shape index (κ2) is 5.77. The molecule has 0 amide bonds.